The molecule has 9 nitrogen and oxygen atoms in total. The van der Waals surface area contributed by atoms with Crippen molar-refractivity contribution in [3.8, 4) is 22.3 Å². The van der Waals surface area contributed by atoms with Crippen molar-refractivity contribution in [1.82, 2.24) is 0 Å². The van der Waals surface area contributed by atoms with Crippen LogP contribution in [-0.4, -0.2) is 23.9 Å². The number of esters is 4. The molecule has 49 heavy (non-hydrogen) atoms. The number of carbonyl (C=O) groups excluding carboxylic acids is 4. The molecule has 5 aromatic carbocycles. The molecule has 2 aliphatic rings. The lowest BCUT2D eigenvalue weighted by molar-refractivity contribution is -0.137. The third-order valence-electron chi connectivity index (χ3n) is 7.58. The molecule has 0 radical (unpaired) electrons. The number of hydrogen-bond acceptors (Lipinski definition) is 9. The smallest absolute Gasteiger partial charge is 0.399 e. The lowest BCUT2D eigenvalue weighted by atomic mass is 9.94. The average Bonchev–Trinajstić information content (AvgIpc) is 3.51. The maximum absolute atomic E-state index is 13.1. The fraction of sp³-hybridized carbons (Fsp3) is 0.0811. The number of ether oxygens (including phenoxy) is 2. The molecule has 6 N–H and O–H groups in total. The van der Waals surface area contributed by atoms with Crippen molar-refractivity contribution >= 4 is 40.9 Å². The first-order valence-corrected chi connectivity index (χ1v) is 14.6. The molecular weight excluding hydrogens is 639 g/mol. The Hall–Kier alpha value is -6.43. The number of halogens is 3. The number of cyclic esters (lactones) is 4. The standard InChI is InChI=1S/C16H6O6.C15H14F3N.C6H8N2/c17-13-9-3-1-7(5-11(9)15(19)21-13)8-2-4-10-12(6-8)16(20)22-14(10)18;1-9-3-5-12(10(2)7-9)13-6-4-11(19)8-14(13)15(16,17)18;7-5-1-2-6(8)4-3-5/h1-6H;3-8H,19H2,1-2H3;1-4H,7-8H2. The molecule has 12 heteroatoms. The molecule has 7 rings (SSSR count). The van der Waals surface area contributed by atoms with Gasteiger partial charge < -0.3 is 26.7 Å². The van der Waals surface area contributed by atoms with Gasteiger partial charge in [-0.2, -0.15) is 13.2 Å². The lowest BCUT2D eigenvalue weighted by Crippen LogP contribution is -2.08. The van der Waals surface area contributed by atoms with Crippen molar-refractivity contribution in [3.05, 3.63) is 136 Å². The van der Waals surface area contributed by atoms with E-state index in [1.54, 1.807) is 55.5 Å². The van der Waals surface area contributed by atoms with Crippen molar-refractivity contribution in [3.63, 3.8) is 0 Å². The molecule has 0 amide bonds. The van der Waals surface area contributed by atoms with Gasteiger partial charge in [-0.05, 0) is 102 Å². The normalized spacial score (nSPS) is 12.9. The number of benzene rings is 5. The van der Waals surface area contributed by atoms with Crippen LogP contribution in [0.15, 0.2) is 97.1 Å². The molecule has 5 aromatic rings. The van der Waals surface area contributed by atoms with Gasteiger partial charge in [-0.15, -0.1) is 0 Å². The molecule has 0 fully saturated rings. The predicted octanol–water partition coefficient (Wildman–Crippen LogP) is 7.40. The van der Waals surface area contributed by atoms with Crippen molar-refractivity contribution in [1.29, 1.82) is 0 Å². The minimum absolute atomic E-state index is 0.112. The van der Waals surface area contributed by atoms with E-state index in [-0.39, 0.29) is 33.5 Å². The molecule has 0 bridgehead atoms. The molecular formula is C37H28F3N3O6. The molecule has 2 heterocycles. The molecule has 0 aliphatic carbocycles. The fourth-order valence-electron chi connectivity index (χ4n) is 5.17. The Morgan fingerprint density at radius 3 is 1.33 bits per heavy atom. The maximum Gasteiger partial charge on any atom is 0.417 e. The van der Waals surface area contributed by atoms with Crippen LogP contribution < -0.4 is 17.2 Å². The third-order valence-corrected chi connectivity index (χ3v) is 7.58. The van der Waals surface area contributed by atoms with E-state index >= 15 is 0 Å². The Morgan fingerprint density at radius 2 is 0.878 bits per heavy atom. The van der Waals surface area contributed by atoms with E-state index in [4.69, 9.17) is 17.2 Å². The summed E-state index contributed by atoms with van der Waals surface area (Å²) in [6.07, 6.45) is -4.41. The zero-order valence-corrected chi connectivity index (χ0v) is 26.1. The maximum atomic E-state index is 13.1. The molecule has 0 unspecified atom stereocenters. The lowest BCUT2D eigenvalue weighted by Gasteiger charge is -2.15. The second kappa shape index (κ2) is 13.4. The number of fused-ring (bicyclic) bond motifs is 2. The van der Waals surface area contributed by atoms with Gasteiger partial charge in [0.05, 0.1) is 27.8 Å². The highest BCUT2D eigenvalue weighted by molar-refractivity contribution is 6.16. The number of nitrogens with two attached hydrogens (primary N) is 3. The third kappa shape index (κ3) is 7.43. The number of aryl methyl sites for hydroxylation is 2. The summed E-state index contributed by atoms with van der Waals surface area (Å²) in [6, 6.07) is 25.7. The quantitative estimate of drug-likeness (QED) is 0.0988. The number of rotatable bonds is 2. The van der Waals surface area contributed by atoms with Gasteiger partial charge in [-0.3, -0.25) is 0 Å². The molecule has 0 spiro atoms. The first kappa shape index (κ1) is 33.9. The van der Waals surface area contributed by atoms with Gasteiger partial charge in [0.15, 0.2) is 0 Å². The van der Waals surface area contributed by atoms with E-state index in [9.17, 15) is 32.3 Å². The zero-order chi connectivity index (χ0) is 35.6. The van der Waals surface area contributed by atoms with Crippen molar-refractivity contribution < 1.29 is 41.8 Å². The SMILES string of the molecule is Cc1ccc(-c2ccc(N)cc2C(F)(F)F)c(C)c1.Nc1ccc(N)cc1.O=C1OC(=O)c2cc(-c3ccc4c(c3)C(=O)OC4=O)ccc21. The van der Waals surface area contributed by atoms with Crippen LogP contribution in [0.3, 0.4) is 0 Å². The van der Waals surface area contributed by atoms with Crippen LogP contribution in [0.25, 0.3) is 22.3 Å². The summed E-state index contributed by atoms with van der Waals surface area (Å²) in [5.74, 6) is -2.74. The van der Waals surface area contributed by atoms with Crippen molar-refractivity contribution in [2.24, 2.45) is 0 Å². The minimum atomic E-state index is -4.41. The van der Waals surface area contributed by atoms with Gasteiger partial charge in [-0.1, -0.05) is 42.0 Å². The minimum Gasteiger partial charge on any atom is -0.399 e. The van der Waals surface area contributed by atoms with Gasteiger partial charge in [0, 0.05) is 17.1 Å². The van der Waals surface area contributed by atoms with Crippen LogP contribution in [0.4, 0.5) is 30.2 Å². The van der Waals surface area contributed by atoms with Gasteiger partial charge >= 0.3 is 30.1 Å². The molecule has 0 saturated heterocycles. The van der Waals surface area contributed by atoms with Crippen LogP contribution in [0.1, 0.15) is 58.1 Å². The Bertz CT molecular complexity index is 2050. The number of carbonyl (C=O) groups is 4. The highest BCUT2D eigenvalue weighted by Gasteiger charge is 2.34. The van der Waals surface area contributed by atoms with Crippen molar-refractivity contribution in [2.45, 2.75) is 20.0 Å². The van der Waals surface area contributed by atoms with Gasteiger partial charge in [0.2, 0.25) is 0 Å². The van der Waals surface area contributed by atoms with Crippen molar-refractivity contribution in [2.75, 3.05) is 17.2 Å². The first-order chi connectivity index (χ1) is 23.1. The fourth-order valence-corrected chi connectivity index (χ4v) is 5.17. The summed E-state index contributed by atoms with van der Waals surface area (Å²) < 4.78 is 48.3. The summed E-state index contributed by atoms with van der Waals surface area (Å²) >= 11 is 0. The first-order valence-electron chi connectivity index (χ1n) is 14.6. The van der Waals surface area contributed by atoms with Crippen LogP contribution in [0, 0.1) is 13.8 Å². The Morgan fingerprint density at radius 1 is 0.469 bits per heavy atom. The second-order valence-corrected chi connectivity index (χ2v) is 11.2. The molecule has 0 aromatic heterocycles. The summed E-state index contributed by atoms with van der Waals surface area (Å²) in [5, 5.41) is 0. The number of anilines is 3. The highest BCUT2D eigenvalue weighted by atomic mass is 19.4. The topological polar surface area (TPSA) is 165 Å². The van der Waals surface area contributed by atoms with E-state index in [2.05, 4.69) is 9.47 Å². The Balaban J connectivity index is 0.000000158. The Kier molecular flexibility index (Phi) is 9.25. The summed E-state index contributed by atoms with van der Waals surface area (Å²) in [4.78, 5) is 46.0. The summed E-state index contributed by atoms with van der Waals surface area (Å²) in [7, 11) is 0. The van der Waals surface area contributed by atoms with Gasteiger partial charge in [0.25, 0.3) is 0 Å². The van der Waals surface area contributed by atoms with Crippen LogP contribution in [0.2, 0.25) is 0 Å². The van der Waals surface area contributed by atoms with Gasteiger partial charge in [-0.25, -0.2) is 19.2 Å². The number of hydrogen-bond donors (Lipinski definition) is 3. The Labute approximate surface area is 278 Å². The van der Waals surface area contributed by atoms with E-state index in [0.717, 1.165) is 28.6 Å². The highest BCUT2D eigenvalue weighted by Crippen LogP contribution is 2.39. The second-order valence-electron chi connectivity index (χ2n) is 11.2. The summed E-state index contributed by atoms with van der Waals surface area (Å²) in [6.45, 7) is 3.71. The van der Waals surface area contributed by atoms with Crippen LogP contribution >= 0.6 is 0 Å². The van der Waals surface area contributed by atoms with E-state index in [0.29, 0.717) is 16.7 Å². The molecule has 0 atom stereocenters. The largest absolute Gasteiger partial charge is 0.417 e. The average molecular weight is 668 g/mol. The molecule has 248 valence electrons. The molecule has 2 aliphatic heterocycles. The predicted molar refractivity (Wildman–Crippen MR) is 177 cm³/mol. The van der Waals surface area contributed by atoms with E-state index in [1.807, 2.05) is 13.0 Å². The van der Waals surface area contributed by atoms with Crippen LogP contribution in [-0.2, 0) is 15.7 Å². The summed E-state index contributed by atoms with van der Waals surface area (Å²) in [5.41, 5.74) is 21.7. The zero-order valence-electron chi connectivity index (χ0n) is 26.1. The van der Waals surface area contributed by atoms with E-state index < -0.39 is 35.6 Å². The number of nitrogen functional groups attached to an aromatic ring is 3. The van der Waals surface area contributed by atoms with Crippen LogP contribution in [0.5, 0.6) is 0 Å². The van der Waals surface area contributed by atoms with E-state index in [1.165, 1.54) is 36.4 Å². The molecule has 0 saturated carbocycles. The number of alkyl halides is 3. The van der Waals surface area contributed by atoms with Gasteiger partial charge in [0.1, 0.15) is 0 Å². The monoisotopic (exact) mass is 667 g/mol.